The molecule has 2 fully saturated rings. The first-order valence-electron chi connectivity index (χ1n) is 12.5. The van der Waals surface area contributed by atoms with Gasteiger partial charge < -0.3 is 4.90 Å². The molecule has 0 spiro atoms. The summed E-state index contributed by atoms with van der Waals surface area (Å²) in [5.41, 5.74) is 1.96. The Balaban J connectivity index is 1.17. The normalized spacial score (nSPS) is 23.3. The van der Waals surface area contributed by atoms with Gasteiger partial charge in [-0.3, -0.25) is 19.4 Å². The first kappa shape index (κ1) is 23.8. The molecule has 2 heterocycles. The zero-order valence-electron chi connectivity index (χ0n) is 19.8. The second kappa shape index (κ2) is 10.4. The maximum Gasteiger partial charge on any atom is 0.233 e. The Morgan fingerprint density at radius 1 is 0.714 bits per heavy atom. The van der Waals surface area contributed by atoms with Crippen molar-refractivity contribution >= 4 is 11.8 Å². The summed E-state index contributed by atoms with van der Waals surface area (Å²) in [4.78, 5) is 31.5. The molecule has 2 unspecified atom stereocenters. The van der Waals surface area contributed by atoms with E-state index in [-0.39, 0.29) is 41.3 Å². The molecule has 2 aliphatic heterocycles. The lowest BCUT2D eigenvalue weighted by Gasteiger charge is -2.40. The third kappa shape index (κ3) is 5.07. The molecule has 35 heavy (non-hydrogen) atoms. The molecule has 7 heteroatoms. The van der Waals surface area contributed by atoms with E-state index in [9.17, 15) is 18.4 Å². The summed E-state index contributed by atoms with van der Waals surface area (Å²) in [7, 11) is 0. The average Bonchev–Trinajstić information content (AvgIpc) is 3.12. The van der Waals surface area contributed by atoms with Crippen molar-refractivity contribution in [2.75, 3.05) is 39.3 Å². The van der Waals surface area contributed by atoms with E-state index in [1.54, 1.807) is 24.3 Å². The summed E-state index contributed by atoms with van der Waals surface area (Å²) in [5, 5.41) is 0. The maximum atomic E-state index is 13.5. The molecule has 5 rings (SSSR count). The van der Waals surface area contributed by atoms with Crippen LogP contribution in [0.1, 0.15) is 36.4 Å². The lowest BCUT2D eigenvalue weighted by molar-refractivity contribution is -0.140. The first-order valence-corrected chi connectivity index (χ1v) is 12.5. The summed E-state index contributed by atoms with van der Waals surface area (Å²) in [6.07, 6.45) is 6.15. The Kier molecular flexibility index (Phi) is 7.07. The van der Waals surface area contributed by atoms with Crippen LogP contribution in [-0.4, -0.2) is 65.8 Å². The fourth-order valence-electron chi connectivity index (χ4n) is 5.69. The molecule has 0 N–H and O–H groups in total. The number of carbonyl (C=O) groups excluding carboxylic acids is 2. The van der Waals surface area contributed by atoms with Gasteiger partial charge in [-0.2, -0.15) is 0 Å². The van der Waals surface area contributed by atoms with Crippen molar-refractivity contribution in [3.63, 3.8) is 0 Å². The number of amides is 2. The highest BCUT2D eigenvalue weighted by Gasteiger charge is 2.46. The molecule has 2 aromatic carbocycles. The number of fused-ring (bicyclic) bond motifs is 1. The predicted molar refractivity (Wildman–Crippen MR) is 129 cm³/mol. The minimum atomic E-state index is -0.276. The van der Waals surface area contributed by atoms with Gasteiger partial charge in [0.1, 0.15) is 11.6 Å². The number of piperazine rings is 1. The summed E-state index contributed by atoms with van der Waals surface area (Å²) in [5.74, 6) is -0.883. The molecule has 2 saturated heterocycles. The van der Waals surface area contributed by atoms with Crippen molar-refractivity contribution in [3.8, 4) is 0 Å². The van der Waals surface area contributed by atoms with E-state index in [1.807, 2.05) is 12.2 Å². The molecule has 0 radical (unpaired) electrons. The van der Waals surface area contributed by atoms with Crippen LogP contribution in [0.2, 0.25) is 0 Å². The largest absolute Gasteiger partial charge is 0.301 e. The number of allylic oxidation sites excluding steroid dienone is 2. The number of carbonyl (C=O) groups is 2. The number of likely N-dealkylation sites (tertiary alicyclic amines) is 1. The van der Waals surface area contributed by atoms with Gasteiger partial charge in [0.15, 0.2) is 0 Å². The molecule has 1 aliphatic carbocycles. The molecule has 0 bridgehead atoms. The third-order valence-corrected chi connectivity index (χ3v) is 7.60. The van der Waals surface area contributed by atoms with Crippen LogP contribution in [0.15, 0.2) is 60.7 Å². The zero-order chi connectivity index (χ0) is 24.4. The summed E-state index contributed by atoms with van der Waals surface area (Å²) < 4.78 is 27.1. The fraction of sp³-hybridized carbons (Fsp3) is 0.429. The molecular weight excluding hydrogens is 448 g/mol. The van der Waals surface area contributed by atoms with Crippen LogP contribution in [-0.2, 0) is 9.59 Å². The monoisotopic (exact) mass is 479 g/mol. The number of hydrogen-bond acceptors (Lipinski definition) is 4. The Labute approximate surface area is 205 Å². The lowest BCUT2D eigenvalue weighted by Crippen LogP contribution is -2.48. The van der Waals surface area contributed by atoms with E-state index in [1.165, 1.54) is 29.2 Å². The van der Waals surface area contributed by atoms with E-state index >= 15 is 0 Å². The zero-order valence-corrected chi connectivity index (χ0v) is 19.8. The van der Waals surface area contributed by atoms with Gasteiger partial charge in [-0.15, -0.1) is 0 Å². The number of hydrogen-bond donors (Lipinski definition) is 0. The van der Waals surface area contributed by atoms with Crippen LogP contribution in [0.25, 0.3) is 0 Å². The molecular formula is C28H31F2N3O2. The number of halogens is 2. The summed E-state index contributed by atoms with van der Waals surface area (Å²) in [6, 6.07) is 13.0. The molecule has 3 aliphatic rings. The molecule has 0 aromatic heterocycles. The summed E-state index contributed by atoms with van der Waals surface area (Å²) >= 11 is 0. The van der Waals surface area contributed by atoms with E-state index in [0.29, 0.717) is 19.4 Å². The van der Waals surface area contributed by atoms with Gasteiger partial charge >= 0.3 is 0 Å². The number of nitrogens with zero attached hydrogens (tertiary/aromatic N) is 3. The predicted octanol–water partition coefficient (Wildman–Crippen LogP) is 4.01. The van der Waals surface area contributed by atoms with Crippen molar-refractivity contribution in [3.05, 3.63) is 83.4 Å². The molecule has 5 nitrogen and oxygen atoms in total. The Morgan fingerprint density at radius 2 is 1.20 bits per heavy atom. The lowest BCUT2D eigenvalue weighted by atomic mass is 9.85. The Hall–Kier alpha value is -2.90. The van der Waals surface area contributed by atoms with E-state index < -0.39 is 0 Å². The minimum Gasteiger partial charge on any atom is -0.301 e. The van der Waals surface area contributed by atoms with Gasteiger partial charge in [-0.1, -0.05) is 36.4 Å². The van der Waals surface area contributed by atoms with Crippen molar-refractivity contribution in [1.29, 1.82) is 0 Å². The van der Waals surface area contributed by atoms with Gasteiger partial charge in [0.25, 0.3) is 0 Å². The van der Waals surface area contributed by atoms with Crippen LogP contribution in [0.5, 0.6) is 0 Å². The average molecular weight is 480 g/mol. The molecule has 0 saturated carbocycles. The number of imide groups is 1. The number of rotatable bonds is 7. The van der Waals surface area contributed by atoms with Gasteiger partial charge in [-0.25, -0.2) is 8.78 Å². The summed E-state index contributed by atoms with van der Waals surface area (Å²) in [6.45, 7) is 4.66. The first-order chi connectivity index (χ1) is 17.0. The highest BCUT2D eigenvalue weighted by Crippen LogP contribution is 2.35. The van der Waals surface area contributed by atoms with Crippen LogP contribution in [0.3, 0.4) is 0 Å². The van der Waals surface area contributed by atoms with E-state index in [0.717, 1.165) is 50.3 Å². The number of benzene rings is 2. The molecule has 2 amide bonds. The van der Waals surface area contributed by atoms with Crippen molar-refractivity contribution in [2.45, 2.75) is 25.3 Å². The van der Waals surface area contributed by atoms with Crippen LogP contribution < -0.4 is 0 Å². The highest BCUT2D eigenvalue weighted by molar-refractivity contribution is 6.05. The van der Waals surface area contributed by atoms with Crippen molar-refractivity contribution in [1.82, 2.24) is 14.7 Å². The second-order valence-electron chi connectivity index (χ2n) is 9.72. The topological polar surface area (TPSA) is 43.9 Å². The van der Waals surface area contributed by atoms with Crippen LogP contribution in [0.4, 0.5) is 8.78 Å². The van der Waals surface area contributed by atoms with Crippen molar-refractivity contribution < 1.29 is 18.4 Å². The van der Waals surface area contributed by atoms with Gasteiger partial charge in [0.2, 0.25) is 11.8 Å². The minimum absolute atomic E-state index is 0.00407. The SMILES string of the molecule is O=C1C2CC=CCC2C(=O)N1CCCN1CCN(C(c2ccc(F)cc2)c2ccc(F)cc2)CC1. The van der Waals surface area contributed by atoms with E-state index in [4.69, 9.17) is 0 Å². The van der Waals surface area contributed by atoms with Crippen molar-refractivity contribution in [2.24, 2.45) is 11.8 Å². The standard InChI is InChI=1S/C28H31F2N3O2/c29-22-10-6-20(7-11-22)26(21-8-12-23(30)13-9-21)32-18-16-31(17-19-32)14-3-15-33-27(34)24-4-1-2-5-25(24)28(33)35/h1-2,6-13,24-26H,3-5,14-19H2. The molecule has 2 aromatic rings. The van der Waals surface area contributed by atoms with E-state index in [2.05, 4.69) is 9.80 Å². The van der Waals surface area contributed by atoms with Crippen LogP contribution in [0, 0.1) is 23.5 Å². The molecule has 184 valence electrons. The maximum absolute atomic E-state index is 13.5. The van der Waals surface area contributed by atoms with Gasteiger partial charge in [0, 0.05) is 32.7 Å². The highest BCUT2D eigenvalue weighted by atomic mass is 19.1. The third-order valence-electron chi connectivity index (χ3n) is 7.60. The quantitative estimate of drug-likeness (QED) is 0.445. The smallest absolute Gasteiger partial charge is 0.233 e. The van der Waals surface area contributed by atoms with Gasteiger partial charge in [-0.05, 0) is 61.2 Å². The Morgan fingerprint density at radius 3 is 1.69 bits per heavy atom. The fourth-order valence-corrected chi connectivity index (χ4v) is 5.69. The van der Waals surface area contributed by atoms with Crippen LogP contribution >= 0.6 is 0 Å². The Bertz CT molecular complexity index is 1010. The molecule has 2 atom stereocenters. The second-order valence-corrected chi connectivity index (χ2v) is 9.72. The van der Waals surface area contributed by atoms with Gasteiger partial charge in [0.05, 0.1) is 17.9 Å².